The molecular weight excluding hydrogens is 520 g/mol. The molecule has 11 nitrogen and oxygen atoms in total. The standard InChI is InChI=1S/C30H36N8O3/c1-2-41-30(40)37-17-13-25(14-18-37)34-28(39)22-7-9-24(10-8-22)35-29-32-16-12-26(36-29)23-19-33-38(20-23)27(11-15-31)21-5-3-4-6-21/h7-10,12,16,19-21,25,27H,2-6,11,13-14,17-18H2,1H3,(H,34,39)(H,32,35,36). The van der Waals surface area contributed by atoms with Crippen LogP contribution in [0.25, 0.3) is 11.3 Å². The van der Waals surface area contributed by atoms with E-state index in [-0.39, 0.29) is 24.1 Å². The first-order chi connectivity index (χ1) is 20.0. The van der Waals surface area contributed by atoms with Crippen LogP contribution in [0.4, 0.5) is 16.4 Å². The maximum atomic E-state index is 12.8. The van der Waals surface area contributed by atoms with Gasteiger partial charge in [0.25, 0.3) is 5.91 Å². The number of hydrogen-bond donors (Lipinski definition) is 2. The van der Waals surface area contributed by atoms with Crippen molar-refractivity contribution in [2.45, 2.75) is 64.0 Å². The molecule has 2 aliphatic rings. The molecule has 11 heteroatoms. The highest BCUT2D eigenvalue weighted by Gasteiger charge is 2.27. The molecule has 5 rings (SSSR count). The van der Waals surface area contributed by atoms with E-state index >= 15 is 0 Å². The summed E-state index contributed by atoms with van der Waals surface area (Å²) >= 11 is 0. The van der Waals surface area contributed by atoms with E-state index in [4.69, 9.17) is 4.74 Å². The maximum Gasteiger partial charge on any atom is 0.409 e. The molecule has 214 valence electrons. The average molecular weight is 557 g/mol. The Balaban J connectivity index is 1.17. The molecule has 41 heavy (non-hydrogen) atoms. The lowest BCUT2D eigenvalue weighted by Gasteiger charge is -2.31. The van der Waals surface area contributed by atoms with E-state index in [0.717, 1.165) is 29.8 Å². The van der Waals surface area contributed by atoms with Gasteiger partial charge in [0.2, 0.25) is 5.95 Å². The molecule has 2 N–H and O–H groups in total. The summed E-state index contributed by atoms with van der Waals surface area (Å²) in [6.07, 6.45) is 11.7. The third-order valence-corrected chi connectivity index (χ3v) is 7.90. The van der Waals surface area contributed by atoms with Crippen molar-refractivity contribution in [3.05, 3.63) is 54.5 Å². The molecule has 3 heterocycles. The minimum atomic E-state index is -0.298. The number of anilines is 2. The van der Waals surface area contributed by atoms with Gasteiger partial charge in [-0.15, -0.1) is 0 Å². The molecular formula is C30H36N8O3. The Hall–Kier alpha value is -4.46. The van der Waals surface area contributed by atoms with E-state index < -0.39 is 0 Å². The van der Waals surface area contributed by atoms with Crippen LogP contribution in [0.2, 0.25) is 0 Å². The van der Waals surface area contributed by atoms with E-state index in [1.165, 1.54) is 12.8 Å². The Kier molecular flexibility index (Phi) is 9.08. The van der Waals surface area contributed by atoms with Gasteiger partial charge < -0.3 is 20.3 Å². The van der Waals surface area contributed by atoms with Crippen molar-refractivity contribution in [2.75, 3.05) is 25.0 Å². The summed E-state index contributed by atoms with van der Waals surface area (Å²) in [4.78, 5) is 35.4. The van der Waals surface area contributed by atoms with Gasteiger partial charge in [-0.25, -0.2) is 14.8 Å². The Bertz CT molecular complexity index is 1370. The summed E-state index contributed by atoms with van der Waals surface area (Å²) in [7, 11) is 0. The molecule has 1 unspecified atom stereocenters. The molecule has 0 bridgehead atoms. The molecule has 0 spiro atoms. The topological polar surface area (TPSA) is 138 Å². The molecule has 1 saturated carbocycles. The lowest BCUT2D eigenvalue weighted by atomic mass is 9.96. The second kappa shape index (κ2) is 13.3. The van der Waals surface area contributed by atoms with Crippen LogP contribution in [0.15, 0.2) is 48.9 Å². The summed E-state index contributed by atoms with van der Waals surface area (Å²) < 4.78 is 6.98. The van der Waals surface area contributed by atoms with Crippen LogP contribution < -0.4 is 10.6 Å². The van der Waals surface area contributed by atoms with Crippen LogP contribution in [0.3, 0.4) is 0 Å². The maximum absolute atomic E-state index is 12.8. The van der Waals surface area contributed by atoms with E-state index in [0.29, 0.717) is 56.4 Å². The highest BCUT2D eigenvalue weighted by atomic mass is 16.6. The molecule has 0 radical (unpaired) electrons. The van der Waals surface area contributed by atoms with Gasteiger partial charge in [0.1, 0.15) is 0 Å². The fourth-order valence-corrected chi connectivity index (χ4v) is 5.67. The fourth-order valence-electron chi connectivity index (χ4n) is 5.67. The number of likely N-dealkylation sites (tertiary alicyclic amines) is 1. The lowest BCUT2D eigenvalue weighted by molar-refractivity contribution is 0.0860. The summed E-state index contributed by atoms with van der Waals surface area (Å²) in [6, 6.07) is 11.4. The molecule has 1 aliphatic heterocycles. The quantitative estimate of drug-likeness (QED) is 0.372. The molecule has 1 aromatic carbocycles. The predicted octanol–water partition coefficient (Wildman–Crippen LogP) is 5.08. The minimum Gasteiger partial charge on any atom is -0.450 e. The largest absolute Gasteiger partial charge is 0.450 e. The van der Waals surface area contributed by atoms with Crippen LogP contribution in [0.1, 0.15) is 68.3 Å². The second-order valence-corrected chi connectivity index (χ2v) is 10.6. The van der Waals surface area contributed by atoms with Crippen LogP contribution in [-0.2, 0) is 4.74 Å². The smallest absolute Gasteiger partial charge is 0.409 e. The monoisotopic (exact) mass is 556 g/mol. The first-order valence-electron chi connectivity index (χ1n) is 14.4. The third kappa shape index (κ3) is 7.01. The second-order valence-electron chi connectivity index (χ2n) is 10.6. The van der Waals surface area contributed by atoms with Gasteiger partial charge in [-0.1, -0.05) is 12.8 Å². The number of nitrogens with zero attached hydrogens (tertiary/aromatic N) is 6. The molecule has 1 saturated heterocycles. The van der Waals surface area contributed by atoms with Crippen molar-refractivity contribution in [3.63, 3.8) is 0 Å². The SMILES string of the molecule is CCOC(=O)N1CCC(NC(=O)c2ccc(Nc3nccc(-c4cnn(C(CC#N)C5CCCC5)c4)n3)cc2)CC1. The molecule has 2 amide bonds. The van der Waals surface area contributed by atoms with Gasteiger partial charge in [-0.2, -0.15) is 10.4 Å². The predicted molar refractivity (Wildman–Crippen MR) is 153 cm³/mol. The molecule has 1 atom stereocenters. The molecule has 3 aromatic rings. The number of nitrogens with one attached hydrogen (secondary N) is 2. The Morgan fingerprint density at radius 2 is 1.88 bits per heavy atom. The first kappa shape index (κ1) is 28.1. The number of carbonyl (C=O) groups is 2. The Morgan fingerprint density at radius 3 is 2.59 bits per heavy atom. The number of amides is 2. The van der Waals surface area contributed by atoms with E-state index in [1.54, 1.807) is 36.4 Å². The number of benzene rings is 1. The number of carbonyl (C=O) groups excluding carboxylic acids is 2. The van der Waals surface area contributed by atoms with Crippen LogP contribution in [0.5, 0.6) is 0 Å². The summed E-state index contributed by atoms with van der Waals surface area (Å²) in [5.74, 6) is 0.776. The van der Waals surface area contributed by atoms with Crippen LogP contribution >= 0.6 is 0 Å². The van der Waals surface area contributed by atoms with Gasteiger partial charge in [0.05, 0.1) is 37.0 Å². The molecule has 1 aliphatic carbocycles. The first-order valence-corrected chi connectivity index (χ1v) is 14.4. The van der Waals surface area contributed by atoms with Gasteiger partial charge in [0.15, 0.2) is 0 Å². The van der Waals surface area contributed by atoms with Gasteiger partial charge in [0, 0.05) is 48.3 Å². The van der Waals surface area contributed by atoms with Crippen molar-refractivity contribution in [1.29, 1.82) is 5.26 Å². The third-order valence-electron chi connectivity index (χ3n) is 7.90. The summed E-state index contributed by atoms with van der Waals surface area (Å²) in [5, 5.41) is 20.2. The van der Waals surface area contributed by atoms with Crippen molar-refractivity contribution in [3.8, 4) is 17.3 Å². The van der Waals surface area contributed by atoms with Crippen LogP contribution in [-0.4, -0.2) is 62.4 Å². The van der Waals surface area contributed by atoms with Gasteiger partial charge in [-0.3, -0.25) is 9.48 Å². The number of nitriles is 1. The number of ether oxygens (including phenoxy) is 1. The van der Waals surface area contributed by atoms with Crippen molar-refractivity contribution in [1.82, 2.24) is 30.0 Å². The van der Waals surface area contributed by atoms with Crippen molar-refractivity contribution < 1.29 is 14.3 Å². The number of hydrogen-bond acceptors (Lipinski definition) is 8. The zero-order valence-corrected chi connectivity index (χ0v) is 23.3. The Morgan fingerprint density at radius 1 is 1.12 bits per heavy atom. The van der Waals surface area contributed by atoms with Gasteiger partial charge >= 0.3 is 6.09 Å². The summed E-state index contributed by atoms with van der Waals surface area (Å²) in [6.45, 7) is 3.27. The Labute approximate surface area is 239 Å². The molecule has 2 fully saturated rings. The minimum absolute atomic E-state index is 0.0137. The van der Waals surface area contributed by atoms with Crippen LogP contribution in [0, 0.1) is 17.2 Å². The fraction of sp³-hybridized carbons (Fsp3) is 0.467. The highest BCUT2D eigenvalue weighted by Crippen LogP contribution is 2.36. The zero-order chi connectivity index (χ0) is 28.6. The zero-order valence-electron chi connectivity index (χ0n) is 23.3. The summed E-state index contributed by atoms with van der Waals surface area (Å²) in [5.41, 5.74) is 2.92. The normalized spacial score (nSPS) is 16.6. The van der Waals surface area contributed by atoms with Gasteiger partial charge in [-0.05, 0) is 68.9 Å². The van der Waals surface area contributed by atoms with E-state index in [2.05, 4.69) is 31.8 Å². The molecule has 2 aromatic heterocycles. The highest BCUT2D eigenvalue weighted by molar-refractivity contribution is 5.94. The lowest BCUT2D eigenvalue weighted by Crippen LogP contribution is -2.46. The van der Waals surface area contributed by atoms with Crippen molar-refractivity contribution >= 4 is 23.6 Å². The van der Waals surface area contributed by atoms with Crippen molar-refractivity contribution in [2.24, 2.45) is 5.92 Å². The number of piperidine rings is 1. The number of aromatic nitrogens is 4. The average Bonchev–Trinajstić information content (AvgIpc) is 3.70. The van der Waals surface area contributed by atoms with E-state index in [9.17, 15) is 14.9 Å². The van der Waals surface area contributed by atoms with E-state index in [1.807, 2.05) is 29.1 Å². The number of rotatable bonds is 9.